The molecular weight excluding hydrogens is 280 g/mol. The topological polar surface area (TPSA) is 61.8 Å². The van der Waals surface area contributed by atoms with Crippen molar-refractivity contribution in [1.29, 1.82) is 0 Å². The van der Waals surface area contributed by atoms with Crippen LogP contribution in [0.1, 0.15) is 19.8 Å². The maximum atomic E-state index is 12.1. The number of nitrogens with one attached hydrogen (secondary N) is 1. The van der Waals surface area contributed by atoms with Crippen LogP contribution >= 0.6 is 11.6 Å². The van der Waals surface area contributed by atoms with Crippen LogP contribution in [-0.2, 0) is 0 Å². The van der Waals surface area contributed by atoms with Gasteiger partial charge in [-0.05, 0) is 18.6 Å². The summed E-state index contributed by atoms with van der Waals surface area (Å²) in [4.78, 5) is 13.7. The molecule has 0 heterocycles. The Labute approximate surface area is 124 Å². The fourth-order valence-corrected chi connectivity index (χ4v) is 1.92. The molecule has 0 fully saturated rings. The monoisotopic (exact) mass is 300 g/mol. The maximum absolute atomic E-state index is 12.1. The van der Waals surface area contributed by atoms with Gasteiger partial charge in [-0.2, -0.15) is 0 Å². The number of hydrogen-bond acceptors (Lipinski definition) is 3. The number of carbonyl (C=O) groups excluding carboxylic acids is 1. The van der Waals surface area contributed by atoms with Gasteiger partial charge in [0, 0.05) is 19.2 Å². The predicted octanol–water partition coefficient (Wildman–Crippen LogP) is 2.97. The standard InChI is InChI=1S/C14H21ClN2O3/c1-3-4-7-17(8-9-18)14(19)16-13-6-5-11(20-2)10-12(13)15/h5-6,10,18H,3-4,7-9H2,1-2H3,(H,16,19). The van der Waals surface area contributed by atoms with Gasteiger partial charge in [0.05, 0.1) is 24.4 Å². The van der Waals surface area contributed by atoms with E-state index in [0.29, 0.717) is 29.5 Å². The quantitative estimate of drug-likeness (QED) is 0.814. The molecule has 0 aromatic heterocycles. The molecular formula is C14H21ClN2O3. The fraction of sp³-hybridized carbons (Fsp3) is 0.500. The maximum Gasteiger partial charge on any atom is 0.321 e. The van der Waals surface area contributed by atoms with Gasteiger partial charge in [0.2, 0.25) is 0 Å². The molecule has 0 aliphatic heterocycles. The minimum Gasteiger partial charge on any atom is -0.497 e. The van der Waals surface area contributed by atoms with Gasteiger partial charge in [-0.15, -0.1) is 0 Å². The zero-order chi connectivity index (χ0) is 15.0. The highest BCUT2D eigenvalue weighted by molar-refractivity contribution is 6.33. The molecule has 0 atom stereocenters. The molecule has 0 spiro atoms. The molecule has 0 aliphatic rings. The smallest absolute Gasteiger partial charge is 0.321 e. The molecule has 1 aromatic rings. The lowest BCUT2D eigenvalue weighted by atomic mass is 10.3. The van der Waals surface area contributed by atoms with E-state index < -0.39 is 0 Å². The third kappa shape index (κ3) is 4.90. The number of anilines is 1. The molecule has 6 heteroatoms. The van der Waals surface area contributed by atoms with E-state index in [-0.39, 0.29) is 12.6 Å². The third-order valence-electron chi connectivity index (χ3n) is 2.86. The summed E-state index contributed by atoms with van der Waals surface area (Å²) in [6.45, 7) is 2.90. The largest absolute Gasteiger partial charge is 0.497 e. The Morgan fingerprint density at radius 1 is 1.45 bits per heavy atom. The number of benzene rings is 1. The number of aliphatic hydroxyl groups is 1. The first-order valence-electron chi connectivity index (χ1n) is 6.62. The summed E-state index contributed by atoms with van der Waals surface area (Å²) in [6, 6.07) is 4.79. The summed E-state index contributed by atoms with van der Waals surface area (Å²) < 4.78 is 5.05. The van der Waals surface area contributed by atoms with E-state index in [2.05, 4.69) is 12.2 Å². The van der Waals surface area contributed by atoms with E-state index in [9.17, 15) is 4.79 Å². The average Bonchev–Trinajstić information content (AvgIpc) is 2.45. The Morgan fingerprint density at radius 3 is 2.75 bits per heavy atom. The van der Waals surface area contributed by atoms with Crippen molar-refractivity contribution in [2.24, 2.45) is 0 Å². The number of halogens is 1. The molecule has 0 aliphatic carbocycles. The SMILES string of the molecule is CCCCN(CCO)C(=O)Nc1ccc(OC)cc1Cl. The molecule has 1 rings (SSSR count). The number of carbonyl (C=O) groups is 1. The summed E-state index contributed by atoms with van der Waals surface area (Å²) in [7, 11) is 1.55. The van der Waals surface area contributed by atoms with Crippen molar-refractivity contribution in [2.45, 2.75) is 19.8 Å². The number of unbranched alkanes of at least 4 members (excludes halogenated alkanes) is 1. The molecule has 5 nitrogen and oxygen atoms in total. The van der Waals surface area contributed by atoms with Crippen molar-refractivity contribution in [3.63, 3.8) is 0 Å². The van der Waals surface area contributed by atoms with Gasteiger partial charge in [-0.3, -0.25) is 0 Å². The second-order valence-corrected chi connectivity index (χ2v) is 4.75. The van der Waals surface area contributed by atoms with Crippen LogP contribution in [0.2, 0.25) is 5.02 Å². The fourth-order valence-electron chi connectivity index (χ4n) is 1.70. The van der Waals surface area contributed by atoms with Crippen LogP contribution in [0.5, 0.6) is 5.75 Å². The van der Waals surface area contributed by atoms with E-state index in [0.717, 1.165) is 12.8 Å². The number of amides is 2. The zero-order valence-corrected chi connectivity index (χ0v) is 12.6. The van der Waals surface area contributed by atoms with Crippen LogP contribution in [0, 0.1) is 0 Å². The van der Waals surface area contributed by atoms with Gasteiger partial charge in [-0.1, -0.05) is 24.9 Å². The van der Waals surface area contributed by atoms with Gasteiger partial charge < -0.3 is 20.1 Å². The van der Waals surface area contributed by atoms with Crippen molar-refractivity contribution in [3.05, 3.63) is 23.2 Å². The molecule has 0 saturated heterocycles. The minimum atomic E-state index is -0.264. The number of ether oxygens (including phenoxy) is 1. The molecule has 2 N–H and O–H groups in total. The third-order valence-corrected chi connectivity index (χ3v) is 3.17. The Balaban J connectivity index is 2.71. The number of aliphatic hydroxyl groups excluding tert-OH is 1. The van der Waals surface area contributed by atoms with Crippen LogP contribution in [-0.4, -0.2) is 42.8 Å². The Kier molecular flexibility index (Phi) is 7.18. The Morgan fingerprint density at radius 2 is 2.20 bits per heavy atom. The van der Waals surface area contributed by atoms with Gasteiger partial charge in [0.1, 0.15) is 5.75 Å². The summed E-state index contributed by atoms with van der Waals surface area (Å²) in [5, 5.41) is 12.2. The summed E-state index contributed by atoms with van der Waals surface area (Å²) in [5.74, 6) is 0.631. The molecule has 0 saturated carbocycles. The van der Waals surface area contributed by atoms with Crippen molar-refractivity contribution >= 4 is 23.3 Å². The van der Waals surface area contributed by atoms with Gasteiger partial charge >= 0.3 is 6.03 Å². The second kappa shape index (κ2) is 8.66. The molecule has 0 bridgehead atoms. The van der Waals surface area contributed by atoms with E-state index >= 15 is 0 Å². The summed E-state index contributed by atoms with van der Waals surface area (Å²) in [5.41, 5.74) is 0.525. The van der Waals surface area contributed by atoms with Crippen molar-refractivity contribution in [1.82, 2.24) is 4.90 Å². The molecule has 20 heavy (non-hydrogen) atoms. The summed E-state index contributed by atoms with van der Waals surface area (Å²) in [6.07, 6.45) is 1.88. The Hall–Kier alpha value is -1.46. The van der Waals surface area contributed by atoms with Crippen LogP contribution in [0.25, 0.3) is 0 Å². The van der Waals surface area contributed by atoms with Crippen LogP contribution in [0.15, 0.2) is 18.2 Å². The number of rotatable bonds is 7. The molecule has 0 radical (unpaired) electrons. The van der Waals surface area contributed by atoms with Gasteiger partial charge in [0.25, 0.3) is 0 Å². The van der Waals surface area contributed by atoms with Crippen molar-refractivity contribution in [3.8, 4) is 5.75 Å². The van der Waals surface area contributed by atoms with Crippen molar-refractivity contribution in [2.75, 3.05) is 32.1 Å². The lowest BCUT2D eigenvalue weighted by Gasteiger charge is -2.22. The normalized spacial score (nSPS) is 10.2. The highest BCUT2D eigenvalue weighted by Gasteiger charge is 2.14. The van der Waals surface area contributed by atoms with Crippen molar-refractivity contribution < 1.29 is 14.6 Å². The first-order valence-corrected chi connectivity index (χ1v) is 7.00. The first kappa shape index (κ1) is 16.6. The second-order valence-electron chi connectivity index (χ2n) is 4.34. The molecule has 112 valence electrons. The van der Waals surface area contributed by atoms with E-state index in [1.54, 1.807) is 30.2 Å². The van der Waals surface area contributed by atoms with Gasteiger partial charge in [-0.25, -0.2) is 4.79 Å². The first-order chi connectivity index (χ1) is 9.62. The highest BCUT2D eigenvalue weighted by atomic mass is 35.5. The highest BCUT2D eigenvalue weighted by Crippen LogP contribution is 2.26. The summed E-state index contributed by atoms with van der Waals surface area (Å²) >= 11 is 6.08. The molecule has 0 unspecified atom stereocenters. The molecule has 1 aromatic carbocycles. The Bertz CT molecular complexity index is 440. The van der Waals surface area contributed by atoms with E-state index in [4.69, 9.17) is 21.4 Å². The average molecular weight is 301 g/mol. The number of nitrogens with zero attached hydrogens (tertiary/aromatic N) is 1. The van der Waals surface area contributed by atoms with Crippen LogP contribution in [0.4, 0.5) is 10.5 Å². The van der Waals surface area contributed by atoms with E-state index in [1.165, 1.54) is 0 Å². The predicted molar refractivity (Wildman–Crippen MR) is 80.6 cm³/mol. The minimum absolute atomic E-state index is 0.0620. The zero-order valence-electron chi connectivity index (χ0n) is 11.9. The lowest BCUT2D eigenvalue weighted by molar-refractivity contribution is 0.187. The lowest BCUT2D eigenvalue weighted by Crippen LogP contribution is -2.37. The number of methoxy groups -OCH3 is 1. The van der Waals surface area contributed by atoms with E-state index in [1.807, 2.05) is 0 Å². The molecule has 2 amide bonds. The van der Waals surface area contributed by atoms with Gasteiger partial charge in [0.15, 0.2) is 0 Å². The number of hydrogen-bond donors (Lipinski definition) is 2. The van der Waals surface area contributed by atoms with Crippen LogP contribution < -0.4 is 10.1 Å². The number of urea groups is 1. The van der Waals surface area contributed by atoms with Crippen LogP contribution in [0.3, 0.4) is 0 Å².